The van der Waals surface area contributed by atoms with Gasteiger partial charge in [-0.2, -0.15) is 0 Å². The predicted octanol–water partition coefficient (Wildman–Crippen LogP) is 5.00. The third-order valence-corrected chi connectivity index (χ3v) is 9.74. The Morgan fingerprint density at radius 3 is 2.38 bits per heavy atom. The smallest absolute Gasteiger partial charge is 0.228 e. The van der Waals surface area contributed by atoms with Crippen molar-refractivity contribution < 1.29 is 9.53 Å². The van der Waals surface area contributed by atoms with Gasteiger partial charge in [-0.15, -0.1) is 0 Å². The Bertz CT molecular complexity index is 646. The van der Waals surface area contributed by atoms with E-state index in [0.717, 1.165) is 24.2 Å². The zero-order chi connectivity index (χ0) is 17.8. The molecule has 1 amide bonds. The van der Waals surface area contributed by atoms with Gasteiger partial charge in [0.1, 0.15) is 5.75 Å². The summed E-state index contributed by atoms with van der Waals surface area (Å²) in [6, 6.07) is 7.81. The largest absolute Gasteiger partial charge is 0.497 e. The fraction of sp³-hybridized carbons (Fsp3) is 0.611. The molecule has 3 aliphatic carbocycles. The molecule has 0 saturated heterocycles. The Morgan fingerprint density at radius 2 is 1.92 bits per heavy atom. The maximum Gasteiger partial charge on any atom is 0.228 e. The Morgan fingerprint density at radius 1 is 1.29 bits per heavy atom. The normalized spacial score (nSPS) is 33.2. The minimum Gasteiger partial charge on any atom is -0.497 e. The van der Waals surface area contributed by atoms with Crippen molar-refractivity contribution in [1.82, 2.24) is 5.32 Å². The van der Waals surface area contributed by atoms with E-state index < -0.39 is 0 Å². The van der Waals surface area contributed by atoms with E-state index in [1.165, 1.54) is 0 Å². The van der Waals surface area contributed by atoms with Crippen LogP contribution in [0.15, 0.2) is 24.3 Å². The van der Waals surface area contributed by atoms with Crippen molar-refractivity contribution in [1.29, 1.82) is 0 Å². The van der Waals surface area contributed by atoms with E-state index in [1.807, 2.05) is 24.3 Å². The molecular weight excluding hydrogens is 502 g/mol. The Labute approximate surface area is 168 Å². The molecule has 0 spiro atoms. The van der Waals surface area contributed by atoms with E-state index in [2.05, 4.69) is 67.0 Å². The quantitative estimate of drug-likeness (QED) is 0.552. The first kappa shape index (κ1) is 18.7. The van der Waals surface area contributed by atoms with Crippen molar-refractivity contribution in [3.63, 3.8) is 0 Å². The van der Waals surface area contributed by atoms with Gasteiger partial charge in [-0.05, 0) is 36.0 Å². The summed E-state index contributed by atoms with van der Waals surface area (Å²) in [5.74, 6) is 0.976. The fourth-order valence-corrected chi connectivity index (χ4v) is 9.70. The number of carbonyl (C=O) groups excluding carboxylic acids is 1. The maximum absolute atomic E-state index is 13.1. The van der Waals surface area contributed by atoms with Gasteiger partial charge >= 0.3 is 0 Å². The van der Waals surface area contributed by atoms with E-state index in [-0.39, 0.29) is 30.7 Å². The number of fused-ring (bicyclic) bond motifs is 1. The van der Waals surface area contributed by atoms with E-state index in [4.69, 9.17) is 4.74 Å². The summed E-state index contributed by atoms with van der Waals surface area (Å²) in [5, 5.41) is 3.16. The topological polar surface area (TPSA) is 38.3 Å². The summed E-state index contributed by atoms with van der Waals surface area (Å²) >= 11 is 11.3. The standard InChI is InChI=1S/C18H22Br3NO2/c1-16(2)17(14(20)21)8-9-18(16,13(17)19)15(23)22-10-11-4-6-12(24-3)7-5-11/h4-7,13-14H,8-10H2,1-3H3,(H,22,23). The number of rotatable bonds is 5. The van der Waals surface area contributed by atoms with Crippen LogP contribution in [0.25, 0.3) is 0 Å². The lowest BCUT2D eigenvalue weighted by atomic mass is 9.43. The number of nitrogens with one attached hydrogen (secondary N) is 1. The number of ether oxygens (including phenoxy) is 1. The summed E-state index contributed by atoms with van der Waals surface area (Å²) in [6.07, 6.45) is 1.95. The van der Waals surface area contributed by atoms with Crippen LogP contribution in [0, 0.1) is 16.2 Å². The molecular formula is C18H22Br3NO2. The second kappa shape index (κ2) is 6.27. The second-order valence-corrected chi connectivity index (χ2v) is 11.3. The average molecular weight is 524 g/mol. The number of alkyl halides is 3. The summed E-state index contributed by atoms with van der Waals surface area (Å²) in [6.45, 7) is 4.99. The molecule has 6 heteroatoms. The lowest BCUT2D eigenvalue weighted by molar-refractivity contribution is -0.161. The molecule has 1 aromatic rings. The van der Waals surface area contributed by atoms with E-state index >= 15 is 0 Å². The highest BCUT2D eigenvalue weighted by atomic mass is 79.9. The molecule has 0 heterocycles. The van der Waals surface area contributed by atoms with Gasteiger partial charge < -0.3 is 10.1 Å². The summed E-state index contributed by atoms with van der Waals surface area (Å²) in [7, 11) is 1.65. The third-order valence-electron chi connectivity index (χ3n) is 6.50. The third kappa shape index (κ3) is 2.21. The SMILES string of the molecule is COc1ccc(CNC(=O)C23CCC(C(Br)Br)(C2Br)C3(C)C)cc1. The maximum atomic E-state index is 13.1. The fourth-order valence-electron chi connectivity index (χ4n) is 4.78. The average Bonchev–Trinajstić information content (AvgIpc) is 3.03. The van der Waals surface area contributed by atoms with Crippen molar-refractivity contribution in [2.24, 2.45) is 16.2 Å². The molecule has 4 rings (SSSR count). The molecule has 3 nitrogen and oxygen atoms in total. The van der Waals surface area contributed by atoms with Gasteiger partial charge in [0.15, 0.2) is 0 Å². The summed E-state index contributed by atoms with van der Waals surface area (Å²) < 4.78 is 5.37. The van der Waals surface area contributed by atoms with Gasteiger partial charge in [0.25, 0.3) is 0 Å². The molecule has 3 fully saturated rings. The number of hydrogen-bond donors (Lipinski definition) is 1. The Kier molecular flexibility index (Phi) is 4.89. The van der Waals surface area contributed by atoms with Crippen LogP contribution in [0.2, 0.25) is 0 Å². The van der Waals surface area contributed by atoms with E-state index in [9.17, 15) is 4.79 Å². The summed E-state index contributed by atoms with van der Waals surface area (Å²) in [4.78, 5) is 13.3. The first-order chi connectivity index (χ1) is 11.2. The molecule has 24 heavy (non-hydrogen) atoms. The van der Waals surface area contributed by atoms with Gasteiger partial charge in [0.05, 0.1) is 16.3 Å². The zero-order valence-electron chi connectivity index (χ0n) is 14.0. The van der Waals surface area contributed by atoms with Gasteiger partial charge in [0, 0.05) is 16.8 Å². The lowest BCUT2D eigenvalue weighted by Gasteiger charge is -2.66. The number of halogens is 3. The van der Waals surface area contributed by atoms with E-state index in [0.29, 0.717) is 6.54 Å². The molecule has 132 valence electrons. The van der Waals surface area contributed by atoms with Crippen LogP contribution in [0.4, 0.5) is 0 Å². The van der Waals surface area contributed by atoms with Crippen LogP contribution in [-0.4, -0.2) is 21.6 Å². The molecule has 1 N–H and O–H groups in total. The first-order valence-electron chi connectivity index (χ1n) is 8.07. The highest BCUT2D eigenvalue weighted by Gasteiger charge is 2.83. The van der Waals surface area contributed by atoms with Crippen LogP contribution in [0.1, 0.15) is 32.3 Å². The molecule has 1 aromatic carbocycles. The molecule has 3 aliphatic rings. The zero-order valence-corrected chi connectivity index (χ0v) is 18.8. The first-order valence-corrected chi connectivity index (χ1v) is 10.8. The predicted molar refractivity (Wildman–Crippen MR) is 107 cm³/mol. The number of carbonyl (C=O) groups is 1. The molecule has 3 unspecified atom stereocenters. The summed E-state index contributed by atoms with van der Waals surface area (Å²) in [5.41, 5.74) is 0.714. The van der Waals surface area contributed by atoms with Crippen LogP contribution < -0.4 is 10.1 Å². The molecule has 0 aliphatic heterocycles. The molecule has 3 saturated carbocycles. The van der Waals surface area contributed by atoms with E-state index in [1.54, 1.807) is 7.11 Å². The monoisotopic (exact) mass is 521 g/mol. The van der Waals surface area contributed by atoms with Crippen molar-refractivity contribution in [2.75, 3.05) is 7.11 Å². The minimum atomic E-state index is -0.348. The van der Waals surface area contributed by atoms with Gasteiger partial charge in [0.2, 0.25) is 5.91 Å². The van der Waals surface area contributed by atoms with Crippen LogP contribution in [0.5, 0.6) is 5.75 Å². The van der Waals surface area contributed by atoms with Gasteiger partial charge in [-0.3, -0.25) is 4.79 Å². The Balaban J connectivity index is 1.74. The van der Waals surface area contributed by atoms with Crippen molar-refractivity contribution >= 4 is 53.7 Å². The van der Waals surface area contributed by atoms with Crippen LogP contribution >= 0.6 is 47.8 Å². The van der Waals surface area contributed by atoms with Crippen molar-refractivity contribution in [2.45, 2.75) is 41.8 Å². The molecule has 0 aromatic heterocycles. The Hall–Kier alpha value is -0.0700. The number of amides is 1. The number of benzene rings is 1. The van der Waals surface area contributed by atoms with Gasteiger partial charge in [-0.1, -0.05) is 73.8 Å². The van der Waals surface area contributed by atoms with Crippen molar-refractivity contribution in [3.05, 3.63) is 29.8 Å². The number of hydrogen-bond acceptors (Lipinski definition) is 2. The molecule has 0 radical (unpaired) electrons. The number of methoxy groups -OCH3 is 1. The minimum absolute atomic E-state index is 0.0600. The van der Waals surface area contributed by atoms with Crippen LogP contribution in [-0.2, 0) is 11.3 Å². The van der Waals surface area contributed by atoms with Crippen LogP contribution in [0.3, 0.4) is 0 Å². The highest BCUT2D eigenvalue weighted by molar-refractivity contribution is 9.24. The second-order valence-electron chi connectivity index (χ2n) is 7.33. The molecule has 3 atom stereocenters. The van der Waals surface area contributed by atoms with Crippen molar-refractivity contribution in [3.8, 4) is 5.75 Å². The molecule has 2 bridgehead atoms. The highest BCUT2D eigenvalue weighted by Crippen LogP contribution is 2.82. The lowest BCUT2D eigenvalue weighted by Crippen LogP contribution is -2.72. The van der Waals surface area contributed by atoms with Gasteiger partial charge in [-0.25, -0.2) is 0 Å².